The number of halogens is 1. The summed E-state index contributed by atoms with van der Waals surface area (Å²) in [5.74, 6) is -0.624. The molecule has 176 valence electrons. The number of benzene rings is 1. The zero-order chi connectivity index (χ0) is 24.6. The number of carbonyl (C=O) groups is 1. The Hall–Kier alpha value is -4.01. The third kappa shape index (κ3) is 4.68. The van der Waals surface area contributed by atoms with Crippen molar-refractivity contribution in [3.8, 4) is 22.7 Å². The van der Waals surface area contributed by atoms with Crippen molar-refractivity contribution in [2.24, 2.45) is 0 Å². The van der Waals surface area contributed by atoms with E-state index in [4.69, 9.17) is 9.47 Å². The lowest BCUT2D eigenvalue weighted by molar-refractivity contribution is -0.157. The Bertz CT molecular complexity index is 1450. The fraction of sp³-hybridized carbons (Fsp3) is 0.280. The number of hydrogen-bond donors (Lipinski definition) is 0. The number of aromatic nitrogens is 4. The Morgan fingerprint density at radius 3 is 2.59 bits per heavy atom. The van der Waals surface area contributed by atoms with Gasteiger partial charge in [-0.1, -0.05) is 6.07 Å². The molecular weight excluding hydrogens is 439 g/mol. The molecule has 0 amide bonds. The van der Waals surface area contributed by atoms with Crippen molar-refractivity contribution in [1.29, 1.82) is 0 Å². The van der Waals surface area contributed by atoms with Crippen molar-refractivity contribution >= 4 is 11.6 Å². The summed E-state index contributed by atoms with van der Waals surface area (Å²) in [4.78, 5) is 30.0. The first-order valence-corrected chi connectivity index (χ1v) is 10.7. The Labute approximate surface area is 195 Å². The third-order valence-corrected chi connectivity index (χ3v) is 4.96. The van der Waals surface area contributed by atoms with Crippen LogP contribution >= 0.6 is 0 Å². The van der Waals surface area contributed by atoms with Gasteiger partial charge in [0.1, 0.15) is 17.1 Å². The number of aryl methyl sites for hydroxylation is 2. The first kappa shape index (κ1) is 23.2. The molecule has 3 heterocycles. The lowest BCUT2D eigenvalue weighted by atomic mass is 10.1. The van der Waals surface area contributed by atoms with Gasteiger partial charge in [-0.2, -0.15) is 5.10 Å². The van der Waals surface area contributed by atoms with Gasteiger partial charge in [0.2, 0.25) is 0 Å². The lowest BCUT2D eigenvalue weighted by Gasteiger charge is -2.19. The topological polar surface area (TPSA) is 87.7 Å². The van der Waals surface area contributed by atoms with E-state index < -0.39 is 11.6 Å². The van der Waals surface area contributed by atoms with Crippen LogP contribution in [0.1, 0.15) is 32.2 Å². The van der Waals surface area contributed by atoms with Gasteiger partial charge >= 0.3 is 5.97 Å². The molecule has 0 saturated heterocycles. The number of pyridine rings is 1. The Morgan fingerprint density at radius 1 is 1.12 bits per heavy atom. The highest BCUT2D eigenvalue weighted by molar-refractivity contribution is 5.72. The van der Waals surface area contributed by atoms with E-state index in [0.717, 1.165) is 5.69 Å². The second-order valence-corrected chi connectivity index (χ2v) is 8.88. The number of nitrogens with zero attached hydrogens (tertiary/aromatic N) is 4. The van der Waals surface area contributed by atoms with Crippen molar-refractivity contribution < 1.29 is 18.7 Å². The maximum Gasteiger partial charge on any atom is 0.344 e. The van der Waals surface area contributed by atoms with Gasteiger partial charge in [-0.05, 0) is 71.0 Å². The molecule has 0 atom stereocenters. The summed E-state index contributed by atoms with van der Waals surface area (Å²) in [6, 6.07) is 11.1. The highest BCUT2D eigenvalue weighted by Crippen LogP contribution is 2.24. The van der Waals surface area contributed by atoms with Gasteiger partial charge in [0, 0.05) is 11.9 Å². The van der Waals surface area contributed by atoms with Crippen LogP contribution in [0.2, 0.25) is 0 Å². The normalized spacial score (nSPS) is 11.6. The quantitative estimate of drug-likeness (QED) is 0.415. The molecule has 0 radical (unpaired) electrons. The smallest absolute Gasteiger partial charge is 0.344 e. The average Bonchev–Trinajstić information content (AvgIpc) is 3.12. The molecule has 1 aromatic carbocycles. The van der Waals surface area contributed by atoms with Crippen molar-refractivity contribution in [2.45, 2.75) is 40.2 Å². The van der Waals surface area contributed by atoms with Gasteiger partial charge in [0.25, 0.3) is 5.56 Å². The van der Waals surface area contributed by atoms with E-state index in [2.05, 4.69) is 10.1 Å². The monoisotopic (exact) mass is 464 g/mol. The first-order chi connectivity index (χ1) is 16.0. The Balaban J connectivity index is 1.72. The van der Waals surface area contributed by atoms with Crippen LogP contribution in [-0.4, -0.2) is 37.3 Å². The zero-order valence-electron chi connectivity index (χ0n) is 19.6. The van der Waals surface area contributed by atoms with Crippen molar-refractivity contribution in [3.63, 3.8) is 0 Å². The van der Waals surface area contributed by atoms with Crippen LogP contribution in [0, 0.1) is 19.7 Å². The summed E-state index contributed by atoms with van der Waals surface area (Å²) in [7, 11) is 0. The first-order valence-electron chi connectivity index (χ1n) is 10.7. The second kappa shape index (κ2) is 8.74. The van der Waals surface area contributed by atoms with Crippen LogP contribution in [-0.2, 0) is 9.53 Å². The van der Waals surface area contributed by atoms with E-state index in [-0.39, 0.29) is 29.4 Å². The van der Waals surface area contributed by atoms with Crippen LogP contribution in [0.25, 0.3) is 22.6 Å². The van der Waals surface area contributed by atoms with E-state index >= 15 is 0 Å². The number of hydrogen-bond acceptors (Lipinski definition) is 6. The van der Waals surface area contributed by atoms with Gasteiger partial charge in [0.05, 0.1) is 16.9 Å². The van der Waals surface area contributed by atoms with Crippen LogP contribution in [0.15, 0.2) is 53.5 Å². The maximum atomic E-state index is 13.7. The van der Waals surface area contributed by atoms with E-state index in [1.807, 2.05) is 6.92 Å². The maximum absolute atomic E-state index is 13.7. The van der Waals surface area contributed by atoms with E-state index in [1.54, 1.807) is 68.9 Å². The van der Waals surface area contributed by atoms with Gasteiger partial charge in [-0.25, -0.2) is 18.9 Å². The van der Waals surface area contributed by atoms with Gasteiger partial charge in [-0.15, -0.1) is 0 Å². The van der Waals surface area contributed by atoms with Crippen LogP contribution in [0.4, 0.5) is 4.39 Å². The molecule has 0 bridgehead atoms. The molecule has 0 spiro atoms. The van der Waals surface area contributed by atoms with E-state index in [1.165, 1.54) is 16.5 Å². The van der Waals surface area contributed by atoms with Gasteiger partial charge in [0.15, 0.2) is 18.0 Å². The number of esters is 1. The molecule has 0 saturated carbocycles. The molecule has 8 nitrogen and oxygen atoms in total. The number of ether oxygens (including phenoxy) is 2. The molecule has 0 aliphatic heterocycles. The number of rotatable bonds is 5. The van der Waals surface area contributed by atoms with E-state index in [9.17, 15) is 14.0 Å². The van der Waals surface area contributed by atoms with E-state index in [0.29, 0.717) is 22.6 Å². The fourth-order valence-corrected chi connectivity index (χ4v) is 3.62. The Morgan fingerprint density at radius 2 is 1.88 bits per heavy atom. The highest BCUT2D eigenvalue weighted by Gasteiger charge is 2.20. The van der Waals surface area contributed by atoms with Crippen molar-refractivity contribution in [3.05, 3.63) is 76.2 Å². The van der Waals surface area contributed by atoms with Crippen LogP contribution < -0.4 is 10.3 Å². The second-order valence-electron chi connectivity index (χ2n) is 8.88. The molecule has 34 heavy (non-hydrogen) atoms. The summed E-state index contributed by atoms with van der Waals surface area (Å²) < 4.78 is 27.5. The molecule has 0 aliphatic carbocycles. The summed E-state index contributed by atoms with van der Waals surface area (Å²) in [5, 5.41) is 4.54. The minimum absolute atomic E-state index is 0.276. The molecule has 0 aliphatic rings. The standard InChI is InChI=1S/C25H25FN4O4/c1-15-12-19(28-30(15)18-9-6-8-17(26)13-18)22-16(2)27-23-20(10-7-11-29(23)24(22)32)33-14-21(31)34-25(3,4)5/h6-13H,14H2,1-5H3. The zero-order valence-corrected chi connectivity index (χ0v) is 19.6. The third-order valence-electron chi connectivity index (χ3n) is 4.96. The molecule has 9 heteroatoms. The summed E-state index contributed by atoms with van der Waals surface area (Å²) in [6.07, 6.45) is 1.57. The average molecular weight is 464 g/mol. The van der Waals surface area contributed by atoms with Gasteiger partial charge in [-0.3, -0.25) is 9.20 Å². The fourth-order valence-electron chi connectivity index (χ4n) is 3.62. The van der Waals surface area contributed by atoms with Crippen LogP contribution in [0.5, 0.6) is 5.75 Å². The van der Waals surface area contributed by atoms with Crippen molar-refractivity contribution in [2.75, 3.05) is 6.61 Å². The largest absolute Gasteiger partial charge is 0.478 e. The number of fused-ring (bicyclic) bond motifs is 1. The predicted molar refractivity (Wildman–Crippen MR) is 125 cm³/mol. The molecule has 0 N–H and O–H groups in total. The SMILES string of the molecule is Cc1nc2c(OCC(=O)OC(C)(C)C)cccn2c(=O)c1-c1cc(C)n(-c2cccc(F)c2)n1. The predicted octanol–water partition coefficient (Wildman–Crippen LogP) is 4.02. The number of carbonyl (C=O) groups excluding carboxylic acids is 1. The molecule has 4 rings (SSSR count). The summed E-state index contributed by atoms with van der Waals surface area (Å²) in [5.41, 5.74) is 1.78. The Kier molecular flexibility index (Phi) is 5.95. The summed E-state index contributed by atoms with van der Waals surface area (Å²) in [6.45, 7) is 8.53. The molecule has 3 aromatic heterocycles. The molecule has 0 fully saturated rings. The molecule has 4 aromatic rings. The lowest BCUT2D eigenvalue weighted by Crippen LogP contribution is -2.27. The highest BCUT2D eigenvalue weighted by atomic mass is 19.1. The van der Waals surface area contributed by atoms with Crippen molar-refractivity contribution in [1.82, 2.24) is 19.2 Å². The minimum atomic E-state index is -0.632. The molecular formula is C25H25FN4O4. The van der Waals surface area contributed by atoms with Gasteiger partial charge < -0.3 is 9.47 Å². The summed E-state index contributed by atoms with van der Waals surface area (Å²) >= 11 is 0. The minimum Gasteiger partial charge on any atom is -0.478 e. The molecule has 0 unspecified atom stereocenters. The van der Waals surface area contributed by atoms with Crippen LogP contribution in [0.3, 0.4) is 0 Å².